The van der Waals surface area contributed by atoms with Crippen LogP contribution < -0.4 is 10.1 Å². The molecule has 0 amide bonds. The fraction of sp³-hybridized carbons (Fsp3) is 0.318. The van der Waals surface area contributed by atoms with E-state index in [4.69, 9.17) is 14.2 Å². The predicted molar refractivity (Wildman–Crippen MR) is 106 cm³/mol. The van der Waals surface area contributed by atoms with E-state index in [1.54, 1.807) is 26.2 Å². The molecule has 27 heavy (non-hydrogen) atoms. The number of methoxy groups -OCH3 is 1. The summed E-state index contributed by atoms with van der Waals surface area (Å²) in [6.45, 7) is 6.85. The van der Waals surface area contributed by atoms with Gasteiger partial charge >= 0.3 is 5.97 Å². The third-order valence-electron chi connectivity index (χ3n) is 4.02. The van der Waals surface area contributed by atoms with Crippen molar-refractivity contribution in [1.29, 1.82) is 0 Å². The van der Waals surface area contributed by atoms with Gasteiger partial charge in [0.25, 0.3) is 0 Å². The first-order chi connectivity index (χ1) is 13.2. The summed E-state index contributed by atoms with van der Waals surface area (Å²) in [5.41, 5.74) is 2.79. The molecule has 5 heteroatoms. The molecule has 0 aliphatic heterocycles. The number of ether oxygens (including phenoxy) is 3. The van der Waals surface area contributed by atoms with Gasteiger partial charge in [-0.1, -0.05) is 30.3 Å². The third-order valence-corrected chi connectivity index (χ3v) is 4.02. The number of nitrogens with one attached hydrogen (secondary N) is 1. The van der Waals surface area contributed by atoms with Gasteiger partial charge in [-0.05, 0) is 48.7 Å². The molecule has 0 saturated carbocycles. The number of esters is 1. The van der Waals surface area contributed by atoms with Crippen LogP contribution in [0.25, 0.3) is 0 Å². The molecule has 2 aromatic rings. The molecule has 0 saturated heterocycles. The second-order valence-electron chi connectivity index (χ2n) is 5.99. The van der Waals surface area contributed by atoms with E-state index in [2.05, 4.69) is 18.0 Å². The fourth-order valence-electron chi connectivity index (χ4n) is 2.71. The fourth-order valence-corrected chi connectivity index (χ4v) is 2.71. The minimum atomic E-state index is -0.298. The van der Waals surface area contributed by atoms with Gasteiger partial charge < -0.3 is 19.5 Å². The van der Waals surface area contributed by atoms with Crippen LogP contribution in [0.2, 0.25) is 0 Å². The summed E-state index contributed by atoms with van der Waals surface area (Å²) >= 11 is 0. The highest BCUT2D eigenvalue weighted by Gasteiger charge is 2.13. The summed E-state index contributed by atoms with van der Waals surface area (Å²) in [5.74, 6) is 0.464. The Morgan fingerprint density at radius 3 is 2.67 bits per heavy atom. The van der Waals surface area contributed by atoms with Gasteiger partial charge in [0.15, 0.2) is 6.79 Å². The van der Waals surface area contributed by atoms with Crippen molar-refractivity contribution in [3.8, 4) is 5.75 Å². The van der Waals surface area contributed by atoms with Crippen LogP contribution in [0.4, 0.5) is 0 Å². The molecule has 1 unspecified atom stereocenters. The minimum absolute atomic E-state index is 0.0857. The first-order valence-electron chi connectivity index (χ1n) is 9.00. The molecule has 0 spiro atoms. The Balaban J connectivity index is 2.14. The molecule has 2 aromatic carbocycles. The van der Waals surface area contributed by atoms with E-state index in [1.807, 2.05) is 36.4 Å². The van der Waals surface area contributed by atoms with Crippen LogP contribution in [0.1, 0.15) is 34.5 Å². The van der Waals surface area contributed by atoms with Gasteiger partial charge in [-0.3, -0.25) is 0 Å². The molecule has 0 aromatic heterocycles. The van der Waals surface area contributed by atoms with Crippen molar-refractivity contribution >= 4 is 5.97 Å². The maximum Gasteiger partial charge on any atom is 0.338 e. The summed E-state index contributed by atoms with van der Waals surface area (Å²) in [6, 6.07) is 15.5. The standard InChI is InChI=1S/C22H27NO4/c1-4-13-23-21(19-7-6-8-20(15-19)27-16-25-3)14-17-9-11-18(12-10-17)22(24)26-5-2/h4,6-12,15,21,23H,1,5,13-14,16H2,2-3H3. The maximum atomic E-state index is 11.8. The Morgan fingerprint density at radius 1 is 1.22 bits per heavy atom. The molecule has 0 aliphatic carbocycles. The summed E-state index contributed by atoms with van der Waals surface area (Å²) in [5, 5.41) is 3.48. The highest BCUT2D eigenvalue weighted by atomic mass is 16.7. The molecule has 0 radical (unpaired) electrons. The smallest absolute Gasteiger partial charge is 0.338 e. The number of carbonyl (C=O) groups is 1. The Hall–Kier alpha value is -2.63. The van der Waals surface area contributed by atoms with E-state index in [1.165, 1.54) is 0 Å². The average Bonchev–Trinajstić information content (AvgIpc) is 2.70. The normalized spacial score (nSPS) is 11.6. The molecule has 144 valence electrons. The van der Waals surface area contributed by atoms with Crippen molar-refractivity contribution < 1.29 is 19.0 Å². The first kappa shape index (κ1) is 20.7. The van der Waals surface area contributed by atoms with Gasteiger partial charge in [0.1, 0.15) is 5.75 Å². The van der Waals surface area contributed by atoms with Crippen LogP contribution in [0.3, 0.4) is 0 Å². The Morgan fingerprint density at radius 2 is 2.00 bits per heavy atom. The lowest BCUT2D eigenvalue weighted by Crippen LogP contribution is -2.23. The molecular weight excluding hydrogens is 342 g/mol. The maximum absolute atomic E-state index is 11.8. The van der Waals surface area contributed by atoms with Crippen molar-refractivity contribution in [2.24, 2.45) is 0 Å². The molecule has 0 bridgehead atoms. The highest BCUT2D eigenvalue weighted by Crippen LogP contribution is 2.23. The Kier molecular flexibility index (Phi) is 8.55. The van der Waals surface area contributed by atoms with Crippen molar-refractivity contribution in [2.45, 2.75) is 19.4 Å². The quantitative estimate of drug-likeness (QED) is 0.370. The lowest BCUT2D eigenvalue weighted by Gasteiger charge is -2.20. The number of carbonyl (C=O) groups excluding carboxylic acids is 1. The van der Waals surface area contributed by atoms with E-state index in [9.17, 15) is 4.79 Å². The molecule has 1 atom stereocenters. The minimum Gasteiger partial charge on any atom is -0.468 e. The highest BCUT2D eigenvalue weighted by molar-refractivity contribution is 5.89. The summed E-state index contributed by atoms with van der Waals surface area (Å²) in [7, 11) is 1.60. The molecule has 0 heterocycles. The van der Waals surface area contributed by atoms with E-state index in [0.29, 0.717) is 18.7 Å². The van der Waals surface area contributed by atoms with Gasteiger partial charge in [-0.25, -0.2) is 4.79 Å². The monoisotopic (exact) mass is 369 g/mol. The number of rotatable bonds is 11. The van der Waals surface area contributed by atoms with Gasteiger partial charge in [0, 0.05) is 19.7 Å². The van der Waals surface area contributed by atoms with E-state index >= 15 is 0 Å². The zero-order valence-corrected chi connectivity index (χ0v) is 15.9. The zero-order valence-electron chi connectivity index (χ0n) is 15.9. The molecule has 0 aliphatic rings. The van der Waals surface area contributed by atoms with Gasteiger partial charge in [0.2, 0.25) is 0 Å². The SMILES string of the molecule is C=CCNC(Cc1ccc(C(=O)OCC)cc1)c1cccc(OCOC)c1. The van der Waals surface area contributed by atoms with Crippen LogP contribution in [-0.4, -0.2) is 33.0 Å². The molecule has 2 rings (SSSR count). The second-order valence-corrected chi connectivity index (χ2v) is 5.99. The van der Waals surface area contributed by atoms with Gasteiger partial charge in [-0.15, -0.1) is 6.58 Å². The van der Waals surface area contributed by atoms with Crippen LogP contribution >= 0.6 is 0 Å². The topological polar surface area (TPSA) is 56.8 Å². The van der Waals surface area contributed by atoms with Crippen LogP contribution in [0, 0.1) is 0 Å². The predicted octanol–water partition coefficient (Wildman–Crippen LogP) is 3.91. The lowest BCUT2D eigenvalue weighted by atomic mass is 9.98. The summed E-state index contributed by atoms with van der Waals surface area (Å²) in [4.78, 5) is 11.8. The van der Waals surface area contributed by atoms with Gasteiger partial charge in [-0.2, -0.15) is 0 Å². The van der Waals surface area contributed by atoms with E-state index in [0.717, 1.165) is 23.3 Å². The third kappa shape index (κ3) is 6.55. The first-order valence-corrected chi connectivity index (χ1v) is 9.00. The van der Waals surface area contributed by atoms with Crippen LogP contribution in [0.5, 0.6) is 5.75 Å². The largest absolute Gasteiger partial charge is 0.468 e. The number of benzene rings is 2. The summed E-state index contributed by atoms with van der Waals surface area (Å²) < 4.78 is 15.5. The number of hydrogen-bond donors (Lipinski definition) is 1. The molecule has 1 N–H and O–H groups in total. The average molecular weight is 369 g/mol. The molecule has 0 fully saturated rings. The molecular formula is C22H27NO4. The van der Waals surface area contributed by atoms with Crippen molar-refractivity contribution in [3.05, 3.63) is 77.9 Å². The number of hydrogen-bond acceptors (Lipinski definition) is 5. The summed E-state index contributed by atoms with van der Waals surface area (Å²) in [6.07, 6.45) is 2.60. The van der Waals surface area contributed by atoms with Crippen molar-refractivity contribution in [1.82, 2.24) is 5.32 Å². The van der Waals surface area contributed by atoms with Crippen molar-refractivity contribution in [3.63, 3.8) is 0 Å². The zero-order chi connectivity index (χ0) is 19.5. The molecule has 5 nitrogen and oxygen atoms in total. The van der Waals surface area contributed by atoms with E-state index < -0.39 is 0 Å². The van der Waals surface area contributed by atoms with Crippen molar-refractivity contribution in [2.75, 3.05) is 27.1 Å². The lowest BCUT2D eigenvalue weighted by molar-refractivity contribution is 0.0509. The van der Waals surface area contributed by atoms with E-state index in [-0.39, 0.29) is 18.8 Å². The Labute approximate surface area is 161 Å². The van der Waals surface area contributed by atoms with Gasteiger partial charge in [0.05, 0.1) is 12.2 Å². The Bertz CT molecular complexity index is 727. The second kappa shape index (κ2) is 11.2. The van der Waals surface area contributed by atoms with Crippen LogP contribution in [0.15, 0.2) is 61.2 Å². The van der Waals surface area contributed by atoms with Crippen LogP contribution in [-0.2, 0) is 15.9 Å².